The van der Waals surface area contributed by atoms with Crippen LogP contribution in [0.15, 0.2) is 0 Å². The standard InChI is InChI=1S/C16H30N2O3/c1-12(13-4-5-13)18(10-11-21-3)9-8-16(2,15(19)20)17-14-6-7-14/h12-14,17H,4-11H2,1-3H3,(H,19,20). The largest absolute Gasteiger partial charge is 0.480 e. The van der Waals surface area contributed by atoms with Gasteiger partial charge in [-0.2, -0.15) is 0 Å². The number of nitrogens with one attached hydrogen (secondary N) is 1. The van der Waals surface area contributed by atoms with Gasteiger partial charge in [-0.1, -0.05) is 0 Å². The summed E-state index contributed by atoms with van der Waals surface area (Å²) < 4.78 is 5.20. The van der Waals surface area contributed by atoms with E-state index in [4.69, 9.17) is 4.74 Å². The van der Waals surface area contributed by atoms with E-state index >= 15 is 0 Å². The van der Waals surface area contributed by atoms with Gasteiger partial charge in [-0.15, -0.1) is 0 Å². The van der Waals surface area contributed by atoms with E-state index in [1.54, 1.807) is 7.11 Å². The second kappa shape index (κ2) is 7.07. The van der Waals surface area contributed by atoms with Gasteiger partial charge in [-0.05, 0) is 51.9 Å². The monoisotopic (exact) mass is 298 g/mol. The Morgan fingerprint density at radius 1 is 1.38 bits per heavy atom. The number of carboxylic acids is 1. The lowest BCUT2D eigenvalue weighted by molar-refractivity contribution is -0.144. The number of ether oxygens (including phenoxy) is 1. The molecule has 0 aromatic carbocycles. The summed E-state index contributed by atoms with van der Waals surface area (Å²) in [6.07, 6.45) is 5.46. The van der Waals surface area contributed by atoms with Gasteiger partial charge in [0.25, 0.3) is 0 Å². The Kier molecular flexibility index (Phi) is 5.63. The molecule has 2 saturated carbocycles. The maximum atomic E-state index is 11.6. The molecular weight excluding hydrogens is 268 g/mol. The fourth-order valence-electron chi connectivity index (χ4n) is 2.89. The number of aliphatic carboxylic acids is 1. The minimum Gasteiger partial charge on any atom is -0.480 e. The summed E-state index contributed by atoms with van der Waals surface area (Å²) in [5.74, 6) is 0.0505. The van der Waals surface area contributed by atoms with Crippen LogP contribution in [0.3, 0.4) is 0 Å². The molecule has 0 heterocycles. The fourth-order valence-corrected chi connectivity index (χ4v) is 2.89. The van der Waals surface area contributed by atoms with Crippen molar-refractivity contribution in [3.8, 4) is 0 Å². The number of methoxy groups -OCH3 is 1. The third-order valence-electron chi connectivity index (χ3n) is 4.93. The van der Waals surface area contributed by atoms with Crippen LogP contribution >= 0.6 is 0 Å². The van der Waals surface area contributed by atoms with Crippen molar-refractivity contribution in [3.63, 3.8) is 0 Å². The molecule has 2 aliphatic carbocycles. The Balaban J connectivity index is 1.89. The molecule has 0 aromatic rings. The highest BCUT2D eigenvalue weighted by Crippen LogP contribution is 2.35. The lowest BCUT2D eigenvalue weighted by Crippen LogP contribution is -2.53. The van der Waals surface area contributed by atoms with Crippen LogP contribution < -0.4 is 5.32 Å². The van der Waals surface area contributed by atoms with E-state index in [0.717, 1.165) is 31.8 Å². The van der Waals surface area contributed by atoms with Crippen LogP contribution in [0.25, 0.3) is 0 Å². The normalized spacial score (nSPS) is 23.0. The number of nitrogens with zero attached hydrogens (tertiary/aromatic N) is 1. The lowest BCUT2D eigenvalue weighted by atomic mass is 9.96. The molecule has 2 fully saturated rings. The van der Waals surface area contributed by atoms with Gasteiger partial charge in [0.1, 0.15) is 5.54 Å². The van der Waals surface area contributed by atoms with Crippen LogP contribution in [0, 0.1) is 5.92 Å². The van der Waals surface area contributed by atoms with Crippen molar-refractivity contribution in [3.05, 3.63) is 0 Å². The number of hydrogen-bond donors (Lipinski definition) is 2. The van der Waals surface area contributed by atoms with E-state index in [1.807, 2.05) is 6.92 Å². The van der Waals surface area contributed by atoms with Gasteiger partial charge in [-0.25, -0.2) is 0 Å². The average Bonchev–Trinajstić information content (AvgIpc) is 3.31. The molecule has 5 nitrogen and oxygen atoms in total. The Bertz CT molecular complexity index is 355. The molecule has 0 aromatic heterocycles. The molecule has 0 aliphatic heterocycles. The quantitative estimate of drug-likeness (QED) is 0.608. The second-order valence-electron chi connectivity index (χ2n) is 6.91. The van der Waals surface area contributed by atoms with Crippen LogP contribution in [0.2, 0.25) is 0 Å². The summed E-state index contributed by atoms with van der Waals surface area (Å²) in [5.41, 5.74) is -0.810. The molecule has 2 aliphatic rings. The number of carbonyl (C=O) groups is 1. The molecule has 2 N–H and O–H groups in total. The molecule has 2 atom stereocenters. The number of hydrogen-bond acceptors (Lipinski definition) is 4. The molecule has 21 heavy (non-hydrogen) atoms. The summed E-state index contributed by atoms with van der Waals surface area (Å²) >= 11 is 0. The van der Waals surface area contributed by atoms with E-state index < -0.39 is 11.5 Å². The van der Waals surface area contributed by atoms with Gasteiger partial charge < -0.3 is 9.84 Å². The molecule has 2 rings (SSSR count). The highest BCUT2D eigenvalue weighted by Gasteiger charge is 2.39. The Morgan fingerprint density at radius 2 is 2.05 bits per heavy atom. The van der Waals surface area contributed by atoms with Crippen molar-refractivity contribution in [2.45, 2.75) is 63.6 Å². The van der Waals surface area contributed by atoms with E-state index in [0.29, 0.717) is 25.1 Å². The van der Waals surface area contributed by atoms with E-state index in [-0.39, 0.29) is 0 Å². The summed E-state index contributed by atoms with van der Waals surface area (Å²) in [7, 11) is 1.72. The molecule has 5 heteroatoms. The maximum Gasteiger partial charge on any atom is 0.323 e. The first kappa shape index (κ1) is 16.7. The van der Waals surface area contributed by atoms with Gasteiger partial charge in [0.2, 0.25) is 0 Å². The van der Waals surface area contributed by atoms with Crippen LogP contribution in [-0.4, -0.2) is 60.4 Å². The molecule has 0 amide bonds. The summed E-state index contributed by atoms with van der Waals surface area (Å²) in [4.78, 5) is 14.0. The van der Waals surface area contributed by atoms with E-state index in [9.17, 15) is 9.90 Å². The topological polar surface area (TPSA) is 61.8 Å². The molecule has 0 bridgehead atoms. The van der Waals surface area contributed by atoms with Crippen molar-refractivity contribution in [1.82, 2.24) is 10.2 Å². The van der Waals surface area contributed by atoms with Crippen LogP contribution in [0.5, 0.6) is 0 Å². The molecule has 2 unspecified atom stereocenters. The zero-order valence-corrected chi connectivity index (χ0v) is 13.6. The molecule has 122 valence electrons. The van der Waals surface area contributed by atoms with Crippen molar-refractivity contribution in [2.75, 3.05) is 26.8 Å². The van der Waals surface area contributed by atoms with Gasteiger partial charge in [0.05, 0.1) is 6.61 Å². The lowest BCUT2D eigenvalue weighted by Gasteiger charge is -2.33. The van der Waals surface area contributed by atoms with Gasteiger partial charge in [0, 0.05) is 32.3 Å². The first-order valence-electron chi connectivity index (χ1n) is 8.20. The predicted octanol–water partition coefficient (Wildman–Crippen LogP) is 1.72. The predicted molar refractivity (Wildman–Crippen MR) is 82.5 cm³/mol. The number of rotatable bonds is 11. The molecular formula is C16H30N2O3. The first-order chi connectivity index (χ1) is 9.96. The SMILES string of the molecule is COCCN(CCC(C)(NC1CC1)C(=O)O)C(C)C1CC1. The first-order valence-corrected chi connectivity index (χ1v) is 8.20. The van der Waals surface area contributed by atoms with Crippen molar-refractivity contribution in [2.24, 2.45) is 5.92 Å². The minimum absolute atomic E-state index is 0.402. The molecule has 0 saturated heterocycles. The molecule has 0 spiro atoms. The van der Waals surface area contributed by atoms with Crippen LogP contribution in [0.1, 0.15) is 46.0 Å². The van der Waals surface area contributed by atoms with Gasteiger partial charge in [-0.3, -0.25) is 15.0 Å². The summed E-state index contributed by atoms with van der Waals surface area (Å²) in [5, 5.41) is 12.9. The van der Waals surface area contributed by atoms with Crippen molar-refractivity contribution in [1.29, 1.82) is 0 Å². The van der Waals surface area contributed by atoms with Gasteiger partial charge >= 0.3 is 5.97 Å². The van der Waals surface area contributed by atoms with Crippen molar-refractivity contribution < 1.29 is 14.6 Å². The Hall–Kier alpha value is -0.650. The van der Waals surface area contributed by atoms with Gasteiger partial charge in [0.15, 0.2) is 0 Å². The molecule has 0 radical (unpaired) electrons. The summed E-state index contributed by atoms with van der Waals surface area (Å²) in [6, 6.07) is 0.929. The third-order valence-corrected chi connectivity index (χ3v) is 4.93. The van der Waals surface area contributed by atoms with Crippen LogP contribution in [0.4, 0.5) is 0 Å². The fraction of sp³-hybridized carbons (Fsp3) is 0.938. The Labute approximate surface area is 128 Å². The van der Waals surface area contributed by atoms with Crippen LogP contribution in [-0.2, 0) is 9.53 Å². The summed E-state index contributed by atoms with van der Waals surface area (Å²) in [6.45, 7) is 6.48. The average molecular weight is 298 g/mol. The smallest absolute Gasteiger partial charge is 0.323 e. The number of carboxylic acid groups (broad SMARTS) is 1. The second-order valence-corrected chi connectivity index (χ2v) is 6.91. The third kappa shape index (κ3) is 4.94. The zero-order valence-electron chi connectivity index (χ0n) is 13.6. The zero-order chi connectivity index (χ0) is 15.5. The minimum atomic E-state index is -0.810. The van der Waals surface area contributed by atoms with Crippen molar-refractivity contribution >= 4 is 5.97 Å². The highest BCUT2D eigenvalue weighted by molar-refractivity contribution is 5.78. The van der Waals surface area contributed by atoms with E-state index in [2.05, 4.69) is 17.1 Å². The Morgan fingerprint density at radius 3 is 2.52 bits per heavy atom. The van der Waals surface area contributed by atoms with E-state index in [1.165, 1.54) is 12.8 Å². The highest BCUT2D eigenvalue weighted by atomic mass is 16.5. The maximum absolute atomic E-state index is 11.6.